The van der Waals surface area contributed by atoms with Crippen molar-refractivity contribution in [2.75, 3.05) is 39.3 Å². The molecule has 1 aliphatic heterocycles. The third kappa shape index (κ3) is 8.07. The van der Waals surface area contributed by atoms with Crippen molar-refractivity contribution in [1.29, 1.82) is 0 Å². The Bertz CT molecular complexity index is 757. The highest BCUT2D eigenvalue weighted by Gasteiger charge is 2.29. The van der Waals surface area contributed by atoms with E-state index in [9.17, 15) is 4.79 Å². The van der Waals surface area contributed by atoms with Gasteiger partial charge in [0.2, 0.25) is 5.91 Å². The first-order valence-electron chi connectivity index (χ1n) is 12.6. The average Bonchev–Trinajstić information content (AvgIpc) is 2.85. The normalized spacial score (nSPS) is 15.6. The van der Waals surface area contributed by atoms with Crippen LogP contribution in [0.5, 0.6) is 0 Å². The maximum absolute atomic E-state index is 13.5. The van der Waals surface area contributed by atoms with Crippen molar-refractivity contribution in [2.24, 2.45) is 5.92 Å². The molecule has 2 aromatic carbocycles. The zero-order valence-corrected chi connectivity index (χ0v) is 19.8. The van der Waals surface area contributed by atoms with Crippen LogP contribution < -0.4 is 10.6 Å². The van der Waals surface area contributed by atoms with Crippen molar-refractivity contribution >= 4 is 5.91 Å². The van der Waals surface area contributed by atoms with Crippen LogP contribution in [0.25, 0.3) is 0 Å². The molecule has 1 amide bonds. The minimum Gasteiger partial charge on any atom is -0.342 e. The molecule has 32 heavy (non-hydrogen) atoms. The third-order valence-corrected chi connectivity index (χ3v) is 6.53. The molecule has 1 atom stereocenters. The summed E-state index contributed by atoms with van der Waals surface area (Å²) in [5.41, 5.74) is 2.34. The lowest BCUT2D eigenvalue weighted by Gasteiger charge is -2.34. The summed E-state index contributed by atoms with van der Waals surface area (Å²) in [7, 11) is 0. The maximum Gasteiger partial charge on any atom is 0.230 e. The summed E-state index contributed by atoms with van der Waals surface area (Å²) < 4.78 is 0. The highest BCUT2D eigenvalue weighted by molar-refractivity contribution is 5.84. The van der Waals surface area contributed by atoms with Crippen molar-refractivity contribution in [1.82, 2.24) is 15.5 Å². The Hall–Kier alpha value is -2.17. The monoisotopic (exact) mass is 435 g/mol. The predicted octanol–water partition coefficient (Wildman–Crippen LogP) is 4.62. The zero-order chi connectivity index (χ0) is 22.4. The van der Waals surface area contributed by atoms with Crippen molar-refractivity contribution in [2.45, 2.75) is 51.4 Å². The van der Waals surface area contributed by atoms with Crippen LogP contribution >= 0.6 is 0 Å². The van der Waals surface area contributed by atoms with Gasteiger partial charge in [-0.2, -0.15) is 0 Å². The minimum absolute atomic E-state index is 0.102. The number of hydrogen-bond acceptors (Lipinski definition) is 3. The maximum atomic E-state index is 13.5. The molecule has 1 fully saturated rings. The van der Waals surface area contributed by atoms with Gasteiger partial charge in [0.25, 0.3) is 0 Å². The summed E-state index contributed by atoms with van der Waals surface area (Å²) in [6.07, 6.45) is 6.64. The van der Waals surface area contributed by atoms with Crippen LogP contribution in [0.3, 0.4) is 0 Å². The number of benzene rings is 2. The van der Waals surface area contributed by atoms with Gasteiger partial charge in [-0.1, -0.05) is 67.6 Å². The summed E-state index contributed by atoms with van der Waals surface area (Å²) in [6.45, 7) is 8.40. The van der Waals surface area contributed by atoms with E-state index in [4.69, 9.17) is 0 Å². The molecule has 0 aromatic heterocycles. The number of nitrogens with one attached hydrogen (secondary N) is 2. The second-order valence-electron chi connectivity index (χ2n) is 9.08. The average molecular weight is 436 g/mol. The molecule has 2 aromatic rings. The molecule has 4 nitrogen and oxygen atoms in total. The van der Waals surface area contributed by atoms with E-state index in [-0.39, 0.29) is 11.8 Å². The molecule has 0 radical (unpaired) electrons. The highest BCUT2D eigenvalue weighted by atomic mass is 16.2. The number of rotatable bonds is 13. The van der Waals surface area contributed by atoms with Gasteiger partial charge in [-0.15, -0.1) is 0 Å². The van der Waals surface area contributed by atoms with Gasteiger partial charge >= 0.3 is 0 Å². The Morgan fingerprint density at radius 2 is 1.53 bits per heavy atom. The summed E-state index contributed by atoms with van der Waals surface area (Å²) in [6, 6.07) is 20.7. The van der Waals surface area contributed by atoms with E-state index in [0.29, 0.717) is 5.92 Å². The summed E-state index contributed by atoms with van der Waals surface area (Å²) in [4.78, 5) is 15.6. The van der Waals surface area contributed by atoms with Crippen LogP contribution in [0.1, 0.15) is 56.1 Å². The Labute approximate surface area is 194 Å². The molecule has 1 heterocycles. The predicted molar refractivity (Wildman–Crippen MR) is 134 cm³/mol. The van der Waals surface area contributed by atoms with E-state index in [2.05, 4.69) is 58.9 Å². The van der Waals surface area contributed by atoms with Gasteiger partial charge in [0.15, 0.2) is 0 Å². The Kier molecular flexibility index (Phi) is 10.8. The third-order valence-electron chi connectivity index (χ3n) is 6.53. The molecule has 0 aliphatic carbocycles. The fourth-order valence-corrected chi connectivity index (χ4v) is 4.57. The molecule has 0 bridgehead atoms. The molecule has 0 spiro atoms. The quantitative estimate of drug-likeness (QED) is 0.451. The van der Waals surface area contributed by atoms with Crippen molar-refractivity contribution in [3.63, 3.8) is 0 Å². The van der Waals surface area contributed by atoms with Crippen LogP contribution in [0.2, 0.25) is 0 Å². The van der Waals surface area contributed by atoms with Gasteiger partial charge in [0, 0.05) is 13.1 Å². The van der Waals surface area contributed by atoms with E-state index in [1.54, 1.807) is 0 Å². The van der Waals surface area contributed by atoms with Gasteiger partial charge in [-0.05, 0) is 81.7 Å². The van der Waals surface area contributed by atoms with Gasteiger partial charge in [0.05, 0.1) is 5.92 Å². The second-order valence-corrected chi connectivity index (χ2v) is 9.08. The molecule has 3 rings (SSSR count). The summed E-state index contributed by atoms with van der Waals surface area (Å²) >= 11 is 0. The van der Waals surface area contributed by atoms with Crippen LogP contribution in [0, 0.1) is 5.92 Å². The number of likely N-dealkylation sites (tertiary alicyclic amines) is 1. The molecular weight excluding hydrogens is 394 g/mol. The number of piperidine rings is 1. The van der Waals surface area contributed by atoms with Crippen LogP contribution in [0.4, 0.5) is 0 Å². The topological polar surface area (TPSA) is 44.4 Å². The SMILES string of the molecule is CCCNCCCCNCC1CCN(C(=O)C(Cc2ccccc2)c2ccccc2)CC1. The standard InChI is InChI=1S/C28H41N3O/c1-2-17-29-18-9-10-19-30-23-25-15-20-31(21-16-25)28(32)27(26-13-7-4-8-14-26)22-24-11-5-3-6-12-24/h3-8,11-14,25,27,29-30H,2,9-10,15-23H2,1H3. The number of hydrogen-bond donors (Lipinski definition) is 2. The largest absolute Gasteiger partial charge is 0.342 e. The van der Waals surface area contributed by atoms with Crippen molar-refractivity contribution in [3.8, 4) is 0 Å². The first-order valence-corrected chi connectivity index (χ1v) is 12.6. The fourth-order valence-electron chi connectivity index (χ4n) is 4.57. The molecule has 0 saturated carbocycles. The first kappa shape index (κ1) is 24.5. The molecular formula is C28H41N3O. The summed E-state index contributed by atoms with van der Waals surface area (Å²) in [5, 5.41) is 7.10. The van der Waals surface area contributed by atoms with Crippen LogP contribution in [-0.2, 0) is 11.2 Å². The lowest BCUT2D eigenvalue weighted by atomic mass is 9.89. The Morgan fingerprint density at radius 1 is 0.906 bits per heavy atom. The number of amides is 1. The van der Waals surface area contributed by atoms with Crippen LogP contribution in [-0.4, -0.2) is 50.1 Å². The molecule has 174 valence electrons. The van der Waals surface area contributed by atoms with E-state index in [1.807, 2.05) is 24.3 Å². The molecule has 4 heteroatoms. The minimum atomic E-state index is -0.102. The lowest BCUT2D eigenvalue weighted by molar-refractivity contribution is -0.134. The van der Waals surface area contributed by atoms with Gasteiger partial charge in [-0.3, -0.25) is 4.79 Å². The van der Waals surface area contributed by atoms with Gasteiger partial charge in [0.1, 0.15) is 0 Å². The first-order chi connectivity index (χ1) is 15.8. The molecule has 1 unspecified atom stereocenters. The van der Waals surface area contributed by atoms with E-state index in [0.717, 1.165) is 64.1 Å². The number of carbonyl (C=O) groups excluding carboxylic acids is 1. The highest BCUT2D eigenvalue weighted by Crippen LogP contribution is 2.26. The number of carbonyl (C=O) groups is 1. The molecule has 1 aliphatic rings. The zero-order valence-electron chi connectivity index (χ0n) is 19.8. The number of unbranched alkanes of at least 4 members (excludes halogenated alkanes) is 1. The smallest absolute Gasteiger partial charge is 0.230 e. The Balaban J connectivity index is 1.44. The molecule has 1 saturated heterocycles. The van der Waals surface area contributed by atoms with E-state index in [1.165, 1.54) is 24.8 Å². The Morgan fingerprint density at radius 3 is 2.19 bits per heavy atom. The van der Waals surface area contributed by atoms with E-state index < -0.39 is 0 Å². The van der Waals surface area contributed by atoms with Crippen molar-refractivity contribution in [3.05, 3.63) is 71.8 Å². The fraction of sp³-hybridized carbons (Fsp3) is 0.536. The lowest BCUT2D eigenvalue weighted by Crippen LogP contribution is -2.43. The summed E-state index contributed by atoms with van der Waals surface area (Å²) in [5.74, 6) is 0.863. The van der Waals surface area contributed by atoms with Gasteiger partial charge in [-0.25, -0.2) is 0 Å². The van der Waals surface area contributed by atoms with E-state index >= 15 is 0 Å². The number of nitrogens with zero attached hydrogens (tertiary/aromatic N) is 1. The van der Waals surface area contributed by atoms with Crippen molar-refractivity contribution < 1.29 is 4.79 Å². The van der Waals surface area contributed by atoms with Gasteiger partial charge < -0.3 is 15.5 Å². The second kappa shape index (κ2) is 14.1. The van der Waals surface area contributed by atoms with Crippen LogP contribution in [0.15, 0.2) is 60.7 Å². The molecule has 2 N–H and O–H groups in total.